The van der Waals surface area contributed by atoms with Crippen LogP contribution in [-0.4, -0.2) is 49.0 Å². The Morgan fingerprint density at radius 3 is 2.25 bits per heavy atom. The lowest BCUT2D eigenvalue weighted by Gasteiger charge is -2.27. The maximum atomic E-state index is 11.8. The highest BCUT2D eigenvalue weighted by Gasteiger charge is 2.57. The van der Waals surface area contributed by atoms with Crippen LogP contribution in [0.15, 0.2) is 0 Å². The second-order valence-corrected chi connectivity index (χ2v) is 6.80. The summed E-state index contributed by atoms with van der Waals surface area (Å²) in [5.74, 6) is -1.60. The minimum Gasteiger partial charge on any atom is -0.467 e. The predicted octanol–water partition coefficient (Wildman–Crippen LogP) is -0.459. The molecule has 0 saturated carbocycles. The summed E-state index contributed by atoms with van der Waals surface area (Å²) in [6.45, 7) is 4.08. The second kappa shape index (κ2) is 3.73. The number of amides is 1. The maximum absolute atomic E-state index is 11.8. The van der Waals surface area contributed by atoms with Crippen LogP contribution >= 0.6 is 0 Å². The van der Waals surface area contributed by atoms with Crippen LogP contribution < -0.4 is 0 Å². The first-order valence-corrected chi connectivity index (χ1v) is 6.37. The number of hydrogen-bond acceptors (Lipinski definition) is 5. The van der Waals surface area contributed by atoms with Crippen LogP contribution in [-0.2, 0) is 24.2 Å². The molecule has 1 aliphatic rings. The Balaban J connectivity index is 3.28. The van der Waals surface area contributed by atoms with Crippen LogP contribution in [0.2, 0.25) is 0 Å². The molecule has 0 bridgehead atoms. The number of rotatable bonds is 1. The number of methoxy groups -OCH3 is 1. The first-order valence-electron chi connectivity index (χ1n) is 4.72. The number of nitrogens with zero attached hydrogens (tertiary/aromatic N) is 1. The molecule has 1 rings (SSSR count). The van der Waals surface area contributed by atoms with Crippen LogP contribution in [0.3, 0.4) is 0 Å². The van der Waals surface area contributed by atoms with E-state index in [1.807, 2.05) is 0 Å². The number of sulfone groups is 1. The number of esters is 1. The molecule has 1 heterocycles. The number of carbonyl (C=O) groups is 2. The predicted molar refractivity (Wildman–Crippen MR) is 56.2 cm³/mol. The SMILES string of the molecule is COC(=O)[C@H]1N(C(C)=O)CS(=O)(=O)C1(C)C. The maximum Gasteiger partial charge on any atom is 0.330 e. The zero-order valence-electron chi connectivity index (χ0n) is 9.68. The number of hydrogen-bond donors (Lipinski definition) is 0. The minimum absolute atomic E-state index is 0.435. The Morgan fingerprint density at radius 1 is 1.38 bits per heavy atom. The van der Waals surface area contributed by atoms with Gasteiger partial charge in [0.05, 0.1) is 11.9 Å². The van der Waals surface area contributed by atoms with Crippen molar-refractivity contribution in [2.24, 2.45) is 0 Å². The lowest BCUT2D eigenvalue weighted by molar-refractivity contribution is -0.151. The van der Waals surface area contributed by atoms with E-state index in [2.05, 4.69) is 4.74 Å². The molecule has 92 valence electrons. The molecule has 6 nitrogen and oxygen atoms in total. The molecule has 0 radical (unpaired) electrons. The fourth-order valence-electron chi connectivity index (χ4n) is 1.76. The number of carbonyl (C=O) groups excluding carboxylic acids is 2. The van der Waals surface area contributed by atoms with E-state index in [1.165, 1.54) is 27.9 Å². The molecule has 7 heteroatoms. The standard InChI is InChI=1S/C9H15NO5S/c1-6(11)10-5-16(13,14)9(2,3)7(10)8(12)15-4/h7H,5H2,1-4H3/t7-/m1/s1. The lowest BCUT2D eigenvalue weighted by Crippen LogP contribution is -2.50. The van der Waals surface area contributed by atoms with Crippen molar-refractivity contribution in [2.75, 3.05) is 13.0 Å². The molecule has 0 spiro atoms. The van der Waals surface area contributed by atoms with E-state index >= 15 is 0 Å². The fourth-order valence-corrected chi connectivity index (χ4v) is 3.36. The van der Waals surface area contributed by atoms with E-state index in [4.69, 9.17) is 0 Å². The third-order valence-corrected chi connectivity index (χ3v) is 5.35. The van der Waals surface area contributed by atoms with Gasteiger partial charge in [-0.1, -0.05) is 0 Å². The van der Waals surface area contributed by atoms with Gasteiger partial charge in [-0.15, -0.1) is 0 Å². The molecule has 0 aromatic rings. The van der Waals surface area contributed by atoms with Crippen LogP contribution in [0.4, 0.5) is 0 Å². The molecule has 1 aliphatic heterocycles. The van der Waals surface area contributed by atoms with Gasteiger partial charge in [-0.3, -0.25) is 4.79 Å². The van der Waals surface area contributed by atoms with Crippen molar-refractivity contribution in [2.45, 2.75) is 31.6 Å². The van der Waals surface area contributed by atoms with Gasteiger partial charge >= 0.3 is 5.97 Å². The molecule has 0 N–H and O–H groups in total. The van der Waals surface area contributed by atoms with Gasteiger partial charge in [-0.2, -0.15) is 0 Å². The molecule has 0 unspecified atom stereocenters. The van der Waals surface area contributed by atoms with Gasteiger partial charge in [0.15, 0.2) is 9.84 Å². The Morgan fingerprint density at radius 2 is 1.88 bits per heavy atom. The smallest absolute Gasteiger partial charge is 0.330 e. The van der Waals surface area contributed by atoms with E-state index in [-0.39, 0.29) is 0 Å². The summed E-state index contributed by atoms with van der Waals surface area (Å²) < 4.78 is 26.9. The molecular formula is C9H15NO5S. The zero-order valence-corrected chi connectivity index (χ0v) is 10.5. The van der Waals surface area contributed by atoms with Gasteiger partial charge < -0.3 is 9.64 Å². The molecule has 16 heavy (non-hydrogen) atoms. The average molecular weight is 249 g/mol. The topological polar surface area (TPSA) is 80.8 Å². The second-order valence-electron chi connectivity index (χ2n) is 4.26. The summed E-state index contributed by atoms with van der Waals surface area (Å²) in [7, 11) is -2.35. The van der Waals surface area contributed by atoms with Gasteiger partial charge in [0.25, 0.3) is 0 Å². The van der Waals surface area contributed by atoms with Gasteiger partial charge in [-0.25, -0.2) is 13.2 Å². The van der Waals surface area contributed by atoms with Crippen molar-refractivity contribution in [3.8, 4) is 0 Å². The van der Waals surface area contributed by atoms with E-state index in [9.17, 15) is 18.0 Å². The third kappa shape index (κ3) is 1.68. The molecule has 1 amide bonds. The van der Waals surface area contributed by atoms with Crippen molar-refractivity contribution in [3.63, 3.8) is 0 Å². The first kappa shape index (κ1) is 13.0. The summed E-state index contributed by atoms with van der Waals surface area (Å²) in [5, 5.41) is 0. The number of ether oxygens (including phenoxy) is 1. The van der Waals surface area contributed by atoms with Crippen LogP contribution in [0.1, 0.15) is 20.8 Å². The lowest BCUT2D eigenvalue weighted by atomic mass is 10.0. The van der Waals surface area contributed by atoms with E-state index in [1.54, 1.807) is 0 Å². The minimum atomic E-state index is -3.52. The highest BCUT2D eigenvalue weighted by Crippen LogP contribution is 2.34. The van der Waals surface area contributed by atoms with Crippen LogP contribution in [0, 0.1) is 0 Å². The Labute approximate surface area is 94.5 Å². The van der Waals surface area contributed by atoms with Gasteiger partial charge in [0.2, 0.25) is 5.91 Å². The van der Waals surface area contributed by atoms with Gasteiger partial charge in [0, 0.05) is 6.92 Å². The fraction of sp³-hybridized carbons (Fsp3) is 0.778. The summed E-state index contributed by atoms with van der Waals surface area (Å²) >= 11 is 0. The Hall–Kier alpha value is -1.11. The third-order valence-electron chi connectivity index (χ3n) is 2.91. The van der Waals surface area contributed by atoms with Crippen molar-refractivity contribution < 1.29 is 22.7 Å². The molecule has 0 aromatic carbocycles. The normalized spacial score (nSPS) is 26.5. The molecule has 1 saturated heterocycles. The summed E-state index contributed by atoms with van der Waals surface area (Å²) in [5.41, 5.74) is 0. The van der Waals surface area contributed by atoms with Crippen molar-refractivity contribution in [1.82, 2.24) is 4.90 Å². The van der Waals surface area contributed by atoms with Crippen molar-refractivity contribution >= 4 is 21.7 Å². The molecule has 0 aromatic heterocycles. The van der Waals surface area contributed by atoms with E-state index in [0.717, 1.165) is 4.90 Å². The van der Waals surface area contributed by atoms with Crippen molar-refractivity contribution in [3.05, 3.63) is 0 Å². The van der Waals surface area contributed by atoms with Crippen LogP contribution in [0.25, 0.3) is 0 Å². The Bertz CT molecular complexity index is 425. The van der Waals surface area contributed by atoms with Gasteiger partial charge in [-0.05, 0) is 13.8 Å². The largest absolute Gasteiger partial charge is 0.467 e. The average Bonchev–Trinajstić information content (AvgIpc) is 2.33. The van der Waals surface area contributed by atoms with E-state index < -0.39 is 38.4 Å². The monoisotopic (exact) mass is 249 g/mol. The molecule has 0 aliphatic carbocycles. The molecule has 1 atom stereocenters. The van der Waals surface area contributed by atoms with Crippen LogP contribution in [0.5, 0.6) is 0 Å². The molecular weight excluding hydrogens is 234 g/mol. The summed E-state index contributed by atoms with van der Waals surface area (Å²) in [6, 6.07) is -1.07. The highest BCUT2D eigenvalue weighted by atomic mass is 32.2. The molecule has 1 fully saturated rings. The van der Waals surface area contributed by atoms with Gasteiger partial charge in [0.1, 0.15) is 11.9 Å². The first-order chi connectivity index (χ1) is 7.15. The zero-order chi connectivity index (χ0) is 12.7. The van der Waals surface area contributed by atoms with E-state index in [0.29, 0.717) is 0 Å². The summed E-state index contributed by atoms with van der Waals surface area (Å²) in [6.07, 6.45) is 0. The quantitative estimate of drug-likeness (QED) is 0.587. The highest BCUT2D eigenvalue weighted by molar-refractivity contribution is 7.93. The Kier molecular flexibility index (Phi) is 3.02. The van der Waals surface area contributed by atoms with Crippen molar-refractivity contribution in [1.29, 1.82) is 0 Å². The summed E-state index contributed by atoms with van der Waals surface area (Å²) in [4.78, 5) is 23.9.